The van der Waals surface area contributed by atoms with Gasteiger partial charge in [0.2, 0.25) is 5.75 Å². The monoisotopic (exact) mass is 293 g/mol. The van der Waals surface area contributed by atoms with Gasteiger partial charge < -0.3 is 15.8 Å². The van der Waals surface area contributed by atoms with Crippen molar-refractivity contribution in [2.45, 2.75) is 38.3 Å². The van der Waals surface area contributed by atoms with Crippen LogP contribution in [0.5, 0.6) is 5.75 Å². The highest BCUT2D eigenvalue weighted by molar-refractivity contribution is 5.98. The summed E-state index contributed by atoms with van der Waals surface area (Å²) in [6.45, 7) is 1.96. The molecule has 2 atom stereocenters. The summed E-state index contributed by atoms with van der Waals surface area (Å²) in [5.74, 6) is -0.376. The van der Waals surface area contributed by atoms with Crippen LogP contribution in [0.15, 0.2) is 18.2 Å². The molecule has 0 bridgehead atoms. The molecule has 0 aromatic heterocycles. The summed E-state index contributed by atoms with van der Waals surface area (Å²) >= 11 is 0. The predicted molar refractivity (Wildman–Crippen MR) is 77.3 cm³/mol. The van der Waals surface area contributed by atoms with Gasteiger partial charge in [-0.15, -0.1) is 0 Å². The highest BCUT2D eigenvalue weighted by atomic mass is 16.6. The van der Waals surface area contributed by atoms with Crippen LogP contribution in [0.3, 0.4) is 0 Å². The minimum Gasteiger partial charge on any atom is -0.487 e. The second kappa shape index (κ2) is 6.53. The number of hydrogen-bond acceptors (Lipinski definition) is 5. The Labute approximate surface area is 122 Å². The fourth-order valence-corrected chi connectivity index (χ4v) is 2.56. The number of ether oxygens (including phenoxy) is 1. The van der Waals surface area contributed by atoms with Crippen molar-refractivity contribution in [2.75, 3.05) is 6.61 Å². The van der Waals surface area contributed by atoms with Gasteiger partial charge in [0.05, 0.1) is 17.1 Å². The van der Waals surface area contributed by atoms with E-state index in [1.165, 1.54) is 18.2 Å². The molecule has 3 N–H and O–H groups in total. The van der Waals surface area contributed by atoms with Crippen LogP contribution < -0.4 is 15.8 Å². The SMILES string of the molecule is CCOc1c(C(=O)NC2CCCC2N)cccc1[N+](=O)[O-]. The van der Waals surface area contributed by atoms with Crippen molar-refractivity contribution >= 4 is 11.6 Å². The first-order valence-corrected chi connectivity index (χ1v) is 7.01. The maximum Gasteiger partial charge on any atom is 0.311 e. The Hall–Kier alpha value is -2.15. The lowest BCUT2D eigenvalue weighted by atomic mass is 10.1. The smallest absolute Gasteiger partial charge is 0.311 e. The number of nitro groups is 1. The van der Waals surface area contributed by atoms with Crippen molar-refractivity contribution in [3.63, 3.8) is 0 Å². The lowest BCUT2D eigenvalue weighted by Gasteiger charge is -2.18. The first-order valence-electron chi connectivity index (χ1n) is 7.01. The molecular weight excluding hydrogens is 274 g/mol. The number of hydrogen-bond donors (Lipinski definition) is 2. The van der Waals surface area contributed by atoms with Gasteiger partial charge in [-0.2, -0.15) is 0 Å². The molecule has 2 unspecified atom stereocenters. The van der Waals surface area contributed by atoms with E-state index in [2.05, 4.69) is 5.32 Å². The van der Waals surface area contributed by atoms with Crippen LogP contribution >= 0.6 is 0 Å². The van der Waals surface area contributed by atoms with Crippen molar-refractivity contribution in [1.29, 1.82) is 0 Å². The van der Waals surface area contributed by atoms with Crippen molar-refractivity contribution in [3.05, 3.63) is 33.9 Å². The van der Waals surface area contributed by atoms with Gasteiger partial charge in [-0.05, 0) is 32.3 Å². The number of rotatable bonds is 5. The second-order valence-electron chi connectivity index (χ2n) is 5.02. The van der Waals surface area contributed by atoms with Crippen LogP contribution in [0.1, 0.15) is 36.5 Å². The summed E-state index contributed by atoms with van der Waals surface area (Å²) in [7, 11) is 0. The zero-order chi connectivity index (χ0) is 15.4. The molecule has 1 aromatic carbocycles. The van der Waals surface area contributed by atoms with E-state index in [1.54, 1.807) is 6.92 Å². The maximum atomic E-state index is 12.3. The summed E-state index contributed by atoms with van der Waals surface area (Å²) in [4.78, 5) is 22.8. The second-order valence-corrected chi connectivity index (χ2v) is 5.02. The lowest BCUT2D eigenvalue weighted by Crippen LogP contribution is -2.44. The van der Waals surface area contributed by atoms with Gasteiger partial charge in [-0.25, -0.2) is 0 Å². The summed E-state index contributed by atoms with van der Waals surface area (Å²) in [5.41, 5.74) is 5.89. The van der Waals surface area contributed by atoms with Gasteiger partial charge in [-0.3, -0.25) is 14.9 Å². The quantitative estimate of drug-likeness (QED) is 0.633. The molecule has 1 fully saturated rings. The van der Waals surface area contributed by atoms with Gasteiger partial charge in [0.25, 0.3) is 5.91 Å². The first-order chi connectivity index (χ1) is 10.0. The number of carbonyl (C=O) groups is 1. The van der Waals surface area contributed by atoms with E-state index in [0.717, 1.165) is 19.3 Å². The highest BCUT2D eigenvalue weighted by Gasteiger charge is 2.28. The highest BCUT2D eigenvalue weighted by Crippen LogP contribution is 2.31. The van der Waals surface area contributed by atoms with Crippen molar-refractivity contribution in [1.82, 2.24) is 5.32 Å². The molecule has 21 heavy (non-hydrogen) atoms. The van der Waals surface area contributed by atoms with E-state index in [4.69, 9.17) is 10.5 Å². The third-order valence-electron chi connectivity index (χ3n) is 3.61. The van der Waals surface area contributed by atoms with Gasteiger partial charge in [-0.1, -0.05) is 6.07 Å². The molecule has 0 spiro atoms. The van der Waals surface area contributed by atoms with Gasteiger partial charge in [0, 0.05) is 18.2 Å². The standard InChI is InChI=1S/C14H19N3O4/c1-2-21-13-9(5-3-8-12(13)17(19)20)14(18)16-11-7-4-6-10(11)15/h3,5,8,10-11H,2,4,6-7,15H2,1H3,(H,16,18). The molecule has 114 valence electrons. The number of amides is 1. The summed E-state index contributed by atoms with van der Waals surface area (Å²) in [6.07, 6.45) is 2.67. The van der Waals surface area contributed by atoms with E-state index >= 15 is 0 Å². The molecule has 7 nitrogen and oxygen atoms in total. The topological polar surface area (TPSA) is 107 Å². The molecule has 7 heteroatoms. The average Bonchev–Trinajstić information content (AvgIpc) is 2.84. The average molecular weight is 293 g/mol. The number of carbonyl (C=O) groups excluding carboxylic acids is 1. The number of nitrogens with zero attached hydrogens (tertiary/aromatic N) is 1. The summed E-state index contributed by atoms with van der Waals surface area (Å²) in [5, 5.41) is 13.9. The lowest BCUT2D eigenvalue weighted by molar-refractivity contribution is -0.385. The zero-order valence-corrected chi connectivity index (χ0v) is 11.9. The van der Waals surface area contributed by atoms with E-state index in [9.17, 15) is 14.9 Å². The zero-order valence-electron chi connectivity index (χ0n) is 11.9. The fourth-order valence-electron chi connectivity index (χ4n) is 2.56. The molecule has 1 aliphatic carbocycles. The predicted octanol–water partition coefficient (Wildman–Crippen LogP) is 1.60. The number of nitrogens with one attached hydrogen (secondary N) is 1. The van der Waals surface area contributed by atoms with Crippen molar-refractivity contribution < 1.29 is 14.5 Å². The Kier molecular flexibility index (Phi) is 4.74. The number of benzene rings is 1. The van der Waals surface area contributed by atoms with E-state index in [1.807, 2.05) is 0 Å². The van der Waals surface area contributed by atoms with Crippen molar-refractivity contribution in [2.24, 2.45) is 5.73 Å². The third kappa shape index (κ3) is 3.30. The minimum atomic E-state index is -0.553. The fraction of sp³-hybridized carbons (Fsp3) is 0.500. The molecule has 2 rings (SSSR count). The van der Waals surface area contributed by atoms with Crippen molar-refractivity contribution in [3.8, 4) is 5.75 Å². The Bertz CT molecular complexity index is 547. The Morgan fingerprint density at radius 2 is 2.29 bits per heavy atom. The number of para-hydroxylation sites is 1. The van der Waals surface area contributed by atoms with Gasteiger partial charge in [0.1, 0.15) is 0 Å². The first kappa shape index (κ1) is 15.2. The maximum absolute atomic E-state index is 12.3. The molecule has 0 aliphatic heterocycles. The van der Waals surface area contributed by atoms with Crippen LogP contribution in [0, 0.1) is 10.1 Å². The Morgan fingerprint density at radius 3 is 2.86 bits per heavy atom. The van der Waals surface area contributed by atoms with Gasteiger partial charge >= 0.3 is 5.69 Å². The Balaban J connectivity index is 2.27. The molecule has 0 saturated heterocycles. The molecule has 0 heterocycles. The van der Waals surface area contributed by atoms with Crippen LogP contribution in [-0.2, 0) is 0 Å². The number of nitro benzene ring substituents is 1. The van der Waals surface area contributed by atoms with Crippen LogP contribution in [0.2, 0.25) is 0 Å². The van der Waals surface area contributed by atoms with Crippen LogP contribution in [0.25, 0.3) is 0 Å². The number of nitrogens with two attached hydrogens (primary N) is 1. The molecule has 1 amide bonds. The summed E-state index contributed by atoms with van der Waals surface area (Å²) < 4.78 is 5.31. The minimum absolute atomic E-state index is 0.00840. The Morgan fingerprint density at radius 1 is 1.52 bits per heavy atom. The normalized spacial score (nSPS) is 21.0. The summed E-state index contributed by atoms with van der Waals surface area (Å²) in [6, 6.07) is 4.16. The molecule has 0 radical (unpaired) electrons. The van der Waals surface area contributed by atoms with E-state index in [0.29, 0.717) is 0 Å². The van der Waals surface area contributed by atoms with Crippen LogP contribution in [0.4, 0.5) is 5.69 Å². The van der Waals surface area contributed by atoms with Gasteiger partial charge in [0.15, 0.2) is 0 Å². The molecule has 1 aromatic rings. The van der Waals surface area contributed by atoms with E-state index in [-0.39, 0.29) is 41.6 Å². The van der Waals surface area contributed by atoms with E-state index < -0.39 is 4.92 Å². The molecular formula is C14H19N3O4. The third-order valence-corrected chi connectivity index (χ3v) is 3.61. The molecule has 1 aliphatic rings. The molecule has 1 saturated carbocycles. The van der Waals surface area contributed by atoms with Crippen LogP contribution in [-0.4, -0.2) is 29.5 Å². The largest absolute Gasteiger partial charge is 0.487 e.